The molecule has 102 valence electrons. The Morgan fingerprint density at radius 2 is 2.11 bits per heavy atom. The van der Waals surface area contributed by atoms with E-state index >= 15 is 0 Å². The third-order valence-corrected chi connectivity index (χ3v) is 3.46. The number of hydrogen-bond donors (Lipinski definition) is 2. The molecule has 1 aliphatic carbocycles. The average Bonchev–Trinajstić information content (AvgIpc) is 2.77. The van der Waals surface area contributed by atoms with Crippen molar-refractivity contribution in [3.63, 3.8) is 0 Å². The Balaban J connectivity index is 2.00. The van der Waals surface area contributed by atoms with Crippen molar-refractivity contribution in [1.29, 1.82) is 0 Å². The van der Waals surface area contributed by atoms with E-state index in [1.807, 2.05) is 0 Å². The summed E-state index contributed by atoms with van der Waals surface area (Å²) in [6.45, 7) is 3.53. The van der Waals surface area contributed by atoms with Crippen LogP contribution in [0.4, 0.5) is 0 Å². The van der Waals surface area contributed by atoms with Crippen molar-refractivity contribution in [1.82, 2.24) is 15.3 Å². The molecule has 2 rings (SSSR count). The van der Waals surface area contributed by atoms with Gasteiger partial charge in [-0.25, -0.2) is 9.97 Å². The Morgan fingerprint density at radius 3 is 2.68 bits per heavy atom. The molecule has 0 saturated heterocycles. The zero-order chi connectivity index (χ0) is 14.0. The van der Waals surface area contributed by atoms with Crippen LogP contribution in [-0.4, -0.2) is 33.0 Å². The van der Waals surface area contributed by atoms with E-state index in [-0.39, 0.29) is 17.9 Å². The molecular weight excluding hydrogens is 246 g/mol. The molecule has 1 aromatic rings. The van der Waals surface area contributed by atoms with E-state index in [0.717, 1.165) is 0 Å². The zero-order valence-corrected chi connectivity index (χ0v) is 11.0. The summed E-state index contributed by atoms with van der Waals surface area (Å²) in [5.41, 5.74) is 1.09. The summed E-state index contributed by atoms with van der Waals surface area (Å²) in [7, 11) is 0. The molecule has 1 aliphatic rings. The lowest BCUT2D eigenvalue weighted by atomic mass is 10.1. The molecule has 6 nitrogen and oxygen atoms in total. The molecule has 0 radical (unpaired) electrons. The number of nitrogens with one attached hydrogen (secondary N) is 1. The highest BCUT2D eigenvalue weighted by molar-refractivity contribution is 5.95. The molecule has 6 heteroatoms. The smallest absolute Gasteiger partial charge is 0.306 e. The summed E-state index contributed by atoms with van der Waals surface area (Å²) in [5, 5.41) is 11.8. The maximum atomic E-state index is 12.1. The van der Waals surface area contributed by atoms with Gasteiger partial charge < -0.3 is 10.4 Å². The third kappa shape index (κ3) is 3.07. The highest BCUT2D eigenvalue weighted by Crippen LogP contribution is 2.25. The van der Waals surface area contributed by atoms with Crippen LogP contribution in [-0.2, 0) is 4.79 Å². The Hall–Kier alpha value is -1.98. The molecule has 0 aliphatic heterocycles. The normalized spacial score (nSPS) is 22.2. The van der Waals surface area contributed by atoms with E-state index in [1.54, 1.807) is 13.8 Å². The Morgan fingerprint density at radius 1 is 1.37 bits per heavy atom. The predicted octanol–water partition coefficient (Wildman–Crippen LogP) is 1.08. The van der Waals surface area contributed by atoms with E-state index in [1.165, 1.54) is 6.20 Å². The Kier molecular flexibility index (Phi) is 3.78. The van der Waals surface area contributed by atoms with Crippen molar-refractivity contribution in [2.75, 3.05) is 0 Å². The molecule has 2 N–H and O–H groups in total. The standard InChI is InChI=1S/C13H17N3O3/c1-7-11(6-14-8(2)15-7)12(17)16-10-4-3-9(5-10)13(18)19/h6,9-10H,3-5H2,1-2H3,(H,16,17)(H,18,19)/t9-,10+/m1/s1. The lowest BCUT2D eigenvalue weighted by Crippen LogP contribution is -2.34. The number of aryl methyl sites for hydroxylation is 2. The first kappa shape index (κ1) is 13.5. The lowest BCUT2D eigenvalue weighted by molar-refractivity contribution is -0.141. The molecule has 19 heavy (non-hydrogen) atoms. The molecule has 1 heterocycles. The van der Waals surface area contributed by atoms with Crippen LogP contribution in [0.1, 0.15) is 41.1 Å². The minimum absolute atomic E-state index is 0.0747. The highest BCUT2D eigenvalue weighted by Gasteiger charge is 2.30. The van der Waals surface area contributed by atoms with Gasteiger partial charge >= 0.3 is 5.97 Å². The first-order chi connectivity index (χ1) is 8.97. The minimum Gasteiger partial charge on any atom is -0.481 e. The third-order valence-electron chi connectivity index (χ3n) is 3.46. The van der Waals surface area contributed by atoms with Gasteiger partial charge in [0.15, 0.2) is 0 Å². The van der Waals surface area contributed by atoms with Gasteiger partial charge in [-0.3, -0.25) is 9.59 Å². The largest absolute Gasteiger partial charge is 0.481 e. The van der Waals surface area contributed by atoms with Gasteiger partial charge in [0.2, 0.25) is 0 Å². The molecule has 1 aromatic heterocycles. The van der Waals surface area contributed by atoms with Crippen molar-refractivity contribution in [2.45, 2.75) is 39.2 Å². The second-order valence-corrected chi connectivity index (χ2v) is 4.93. The first-order valence-corrected chi connectivity index (χ1v) is 6.31. The summed E-state index contributed by atoms with van der Waals surface area (Å²) >= 11 is 0. The maximum absolute atomic E-state index is 12.1. The van der Waals surface area contributed by atoms with Gasteiger partial charge in [-0.15, -0.1) is 0 Å². The lowest BCUT2D eigenvalue weighted by Gasteiger charge is -2.13. The van der Waals surface area contributed by atoms with Gasteiger partial charge in [0.25, 0.3) is 5.91 Å². The van der Waals surface area contributed by atoms with Crippen molar-refractivity contribution in [2.24, 2.45) is 5.92 Å². The second-order valence-electron chi connectivity index (χ2n) is 4.93. The number of aromatic nitrogens is 2. The Bertz CT molecular complexity index is 516. The van der Waals surface area contributed by atoms with E-state index in [2.05, 4.69) is 15.3 Å². The molecular formula is C13H17N3O3. The fourth-order valence-electron chi connectivity index (χ4n) is 2.41. The van der Waals surface area contributed by atoms with Crippen LogP contribution < -0.4 is 5.32 Å². The SMILES string of the molecule is Cc1ncc(C(=O)N[C@H]2CC[C@@H](C(=O)O)C2)c(C)n1. The molecule has 1 saturated carbocycles. The minimum atomic E-state index is -0.786. The average molecular weight is 263 g/mol. The summed E-state index contributed by atoms with van der Waals surface area (Å²) in [6, 6.07) is -0.0747. The van der Waals surface area contributed by atoms with Crippen molar-refractivity contribution in [3.05, 3.63) is 23.3 Å². The van der Waals surface area contributed by atoms with Crippen LogP contribution in [0, 0.1) is 19.8 Å². The van der Waals surface area contributed by atoms with Crippen molar-refractivity contribution >= 4 is 11.9 Å². The summed E-state index contributed by atoms with van der Waals surface area (Å²) in [6.07, 6.45) is 3.32. The predicted molar refractivity (Wildman–Crippen MR) is 67.7 cm³/mol. The molecule has 0 unspecified atom stereocenters. The first-order valence-electron chi connectivity index (χ1n) is 6.31. The molecule has 0 aromatic carbocycles. The van der Waals surface area contributed by atoms with Gasteiger partial charge in [-0.05, 0) is 33.1 Å². The number of carbonyl (C=O) groups excluding carboxylic acids is 1. The topological polar surface area (TPSA) is 92.2 Å². The molecule has 0 spiro atoms. The van der Waals surface area contributed by atoms with Gasteiger partial charge in [-0.2, -0.15) is 0 Å². The van der Waals surface area contributed by atoms with E-state index in [4.69, 9.17) is 5.11 Å². The molecule has 2 atom stereocenters. The quantitative estimate of drug-likeness (QED) is 0.851. The fourth-order valence-corrected chi connectivity index (χ4v) is 2.41. The fraction of sp³-hybridized carbons (Fsp3) is 0.538. The summed E-state index contributed by atoms with van der Waals surface area (Å²) in [4.78, 5) is 31.1. The number of rotatable bonds is 3. The van der Waals surface area contributed by atoms with Crippen LogP contribution in [0.5, 0.6) is 0 Å². The van der Waals surface area contributed by atoms with Gasteiger partial charge in [0, 0.05) is 12.2 Å². The zero-order valence-electron chi connectivity index (χ0n) is 11.0. The number of amides is 1. The molecule has 0 bridgehead atoms. The summed E-state index contributed by atoms with van der Waals surface area (Å²) in [5.74, 6) is -0.735. The Labute approximate surface area is 111 Å². The number of nitrogens with zero attached hydrogens (tertiary/aromatic N) is 2. The van der Waals surface area contributed by atoms with Crippen LogP contribution in [0.25, 0.3) is 0 Å². The summed E-state index contributed by atoms with van der Waals surface area (Å²) < 4.78 is 0. The van der Waals surface area contributed by atoms with E-state index < -0.39 is 5.97 Å². The van der Waals surface area contributed by atoms with E-state index in [0.29, 0.717) is 36.3 Å². The number of aliphatic carboxylic acids is 1. The second kappa shape index (κ2) is 5.34. The molecule has 1 amide bonds. The van der Waals surface area contributed by atoms with Crippen molar-refractivity contribution in [3.8, 4) is 0 Å². The number of carboxylic acids is 1. The van der Waals surface area contributed by atoms with Gasteiger partial charge in [-0.1, -0.05) is 0 Å². The monoisotopic (exact) mass is 263 g/mol. The molecule has 1 fully saturated rings. The van der Waals surface area contributed by atoms with Crippen LogP contribution in [0.3, 0.4) is 0 Å². The van der Waals surface area contributed by atoms with E-state index in [9.17, 15) is 9.59 Å². The van der Waals surface area contributed by atoms with Crippen LogP contribution in [0.15, 0.2) is 6.20 Å². The van der Waals surface area contributed by atoms with Gasteiger partial charge in [0.05, 0.1) is 17.2 Å². The van der Waals surface area contributed by atoms with Gasteiger partial charge in [0.1, 0.15) is 5.82 Å². The van der Waals surface area contributed by atoms with Crippen LogP contribution >= 0.6 is 0 Å². The van der Waals surface area contributed by atoms with Crippen LogP contribution in [0.2, 0.25) is 0 Å². The number of hydrogen-bond acceptors (Lipinski definition) is 4. The number of carboxylic acid groups (broad SMARTS) is 1. The van der Waals surface area contributed by atoms with Crippen molar-refractivity contribution < 1.29 is 14.7 Å². The highest BCUT2D eigenvalue weighted by atomic mass is 16.4. The maximum Gasteiger partial charge on any atom is 0.306 e. The number of carbonyl (C=O) groups is 2.